The molecule has 0 radical (unpaired) electrons. The fraction of sp³-hybridized carbons (Fsp3) is 0.667. The van der Waals surface area contributed by atoms with E-state index in [2.05, 4.69) is 53.7 Å². The van der Waals surface area contributed by atoms with E-state index in [-0.39, 0.29) is 24.0 Å². The van der Waals surface area contributed by atoms with Gasteiger partial charge in [-0.2, -0.15) is 0 Å². The van der Waals surface area contributed by atoms with Crippen molar-refractivity contribution in [3.63, 3.8) is 0 Å². The van der Waals surface area contributed by atoms with Crippen LogP contribution >= 0.6 is 24.0 Å². The van der Waals surface area contributed by atoms with Crippen LogP contribution in [0.5, 0.6) is 0 Å². The Kier molecular flexibility index (Phi) is 17.9. The topological polar surface area (TPSA) is 54.9 Å². The molecule has 0 unspecified atom stereocenters. The molecule has 0 saturated carbocycles. The van der Waals surface area contributed by atoms with Gasteiger partial charge in [-0.15, -0.1) is 24.0 Å². The molecule has 5 nitrogen and oxygen atoms in total. The van der Waals surface area contributed by atoms with Crippen LogP contribution < -0.4 is 10.6 Å². The number of nitrogens with one attached hydrogen (secondary N) is 2. The molecule has 156 valence electrons. The minimum atomic E-state index is 0. The molecule has 0 fully saturated rings. The maximum atomic E-state index is 5.70. The second-order valence-electron chi connectivity index (χ2n) is 6.78. The van der Waals surface area contributed by atoms with Crippen LogP contribution in [0.2, 0.25) is 0 Å². The molecule has 1 rings (SSSR count). The molecule has 1 aromatic rings. The second-order valence-corrected chi connectivity index (χ2v) is 6.78. The summed E-state index contributed by atoms with van der Waals surface area (Å²) in [5.41, 5.74) is 1.33. The lowest BCUT2D eigenvalue weighted by Gasteiger charge is -2.12. The molecule has 0 aromatic heterocycles. The molecule has 0 spiro atoms. The SMILES string of the molecule is CN=C(NCCCCOCCc1ccccc1)NCCOCCC(C)C.I. The summed E-state index contributed by atoms with van der Waals surface area (Å²) in [6.07, 6.45) is 4.21. The van der Waals surface area contributed by atoms with Crippen LogP contribution in [0.3, 0.4) is 0 Å². The van der Waals surface area contributed by atoms with E-state index in [1.54, 1.807) is 7.05 Å². The molecular weight excluding hydrogens is 453 g/mol. The zero-order valence-electron chi connectivity index (χ0n) is 17.2. The molecule has 0 bridgehead atoms. The molecule has 27 heavy (non-hydrogen) atoms. The minimum Gasteiger partial charge on any atom is -0.381 e. The lowest BCUT2D eigenvalue weighted by molar-refractivity contribution is 0.128. The second kappa shape index (κ2) is 18.5. The molecule has 2 N–H and O–H groups in total. The van der Waals surface area contributed by atoms with Crippen molar-refractivity contribution in [3.8, 4) is 0 Å². The highest BCUT2D eigenvalue weighted by molar-refractivity contribution is 14.0. The smallest absolute Gasteiger partial charge is 0.191 e. The molecule has 0 aliphatic rings. The van der Waals surface area contributed by atoms with Crippen molar-refractivity contribution in [1.82, 2.24) is 10.6 Å². The average molecular weight is 491 g/mol. The zero-order valence-corrected chi connectivity index (χ0v) is 19.5. The van der Waals surface area contributed by atoms with E-state index in [9.17, 15) is 0 Å². The van der Waals surface area contributed by atoms with E-state index in [1.165, 1.54) is 5.56 Å². The van der Waals surface area contributed by atoms with Crippen LogP contribution in [-0.4, -0.2) is 52.5 Å². The molecule has 0 aliphatic carbocycles. The van der Waals surface area contributed by atoms with E-state index < -0.39 is 0 Å². The van der Waals surface area contributed by atoms with Gasteiger partial charge in [-0.25, -0.2) is 0 Å². The van der Waals surface area contributed by atoms with Crippen molar-refractivity contribution in [2.24, 2.45) is 10.9 Å². The number of hydrogen-bond acceptors (Lipinski definition) is 3. The van der Waals surface area contributed by atoms with Crippen molar-refractivity contribution in [1.29, 1.82) is 0 Å². The van der Waals surface area contributed by atoms with Crippen LogP contribution in [0.25, 0.3) is 0 Å². The van der Waals surface area contributed by atoms with Gasteiger partial charge in [-0.3, -0.25) is 4.99 Å². The van der Waals surface area contributed by atoms with E-state index >= 15 is 0 Å². The number of nitrogens with zero attached hydrogens (tertiary/aromatic N) is 1. The summed E-state index contributed by atoms with van der Waals surface area (Å²) >= 11 is 0. The molecule has 0 aliphatic heterocycles. The Balaban J connectivity index is 0.00000676. The number of rotatable bonds is 14. The number of ether oxygens (including phenoxy) is 2. The lowest BCUT2D eigenvalue weighted by atomic mass is 10.1. The Hall–Kier alpha value is -0.860. The number of hydrogen-bond donors (Lipinski definition) is 2. The first-order valence-corrected chi connectivity index (χ1v) is 9.86. The predicted octanol–water partition coefficient (Wildman–Crippen LogP) is 3.87. The highest BCUT2D eigenvalue weighted by atomic mass is 127. The van der Waals surface area contributed by atoms with Crippen LogP contribution in [0, 0.1) is 5.92 Å². The van der Waals surface area contributed by atoms with Gasteiger partial charge in [-0.05, 0) is 37.2 Å². The first-order chi connectivity index (χ1) is 12.7. The summed E-state index contributed by atoms with van der Waals surface area (Å²) in [5.74, 6) is 1.53. The normalized spacial score (nSPS) is 11.3. The Bertz CT molecular complexity index is 470. The third kappa shape index (κ3) is 15.9. The van der Waals surface area contributed by atoms with Gasteiger partial charge >= 0.3 is 0 Å². The van der Waals surface area contributed by atoms with Gasteiger partial charge in [-0.1, -0.05) is 44.2 Å². The molecule has 1 aromatic carbocycles. The van der Waals surface area contributed by atoms with E-state index in [0.717, 1.165) is 64.6 Å². The number of benzene rings is 1. The van der Waals surface area contributed by atoms with Crippen molar-refractivity contribution in [2.75, 3.05) is 46.6 Å². The first-order valence-electron chi connectivity index (χ1n) is 9.86. The monoisotopic (exact) mass is 491 g/mol. The highest BCUT2D eigenvalue weighted by Gasteiger charge is 1.98. The Morgan fingerprint density at radius 2 is 1.63 bits per heavy atom. The number of halogens is 1. The minimum absolute atomic E-state index is 0. The third-order valence-electron chi connectivity index (χ3n) is 3.99. The highest BCUT2D eigenvalue weighted by Crippen LogP contribution is 2.00. The van der Waals surface area contributed by atoms with Gasteiger partial charge in [0.05, 0.1) is 13.2 Å². The van der Waals surface area contributed by atoms with E-state index in [4.69, 9.17) is 9.47 Å². The van der Waals surface area contributed by atoms with Crippen molar-refractivity contribution < 1.29 is 9.47 Å². The Labute approximate surface area is 182 Å². The van der Waals surface area contributed by atoms with Crippen LogP contribution in [-0.2, 0) is 15.9 Å². The average Bonchev–Trinajstić information content (AvgIpc) is 2.65. The fourth-order valence-corrected chi connectivity index (χ4v) is 2.36. The molecular formula is C21H38IN3O2. The van der Waals surface area contributed by atoms with E-state index in [0.29, 0.717) is 12.5 Å². The lowest BCUT2D eigenvalue weighted by Crippen LogP contribution is -2.39. The molecule has 0 heterocycles. The van der Waals surface area contributed by atoms with Crippen LogP contribution in [0.1, 0.15) is 38.7 Å². The summed E-state index contributed by atoms with van der Waals surface area (Å²) < 4.78 is 11.3. The molecule has 0 amide bonds. The Morgan fingerprint density at radius 1 is 0.926 bits per heavy atom. The van der Waals surface area contributed by atoms with Crippen molar-refractivity contribution in [2.45, 2.75) is 39.5 Å². The van der Waals surface area contributed by atoms with Gasteiger partial charge < -0.3 is 20.1 Å². The summed E-state index contributed by atoms with van der Waals surface area (Å²) in [6.45, 7) is 9.24. The Morgan fingerprint density at radius 3 is 2.33 bits per heavy atom. The molecule has 6 heteroatoms. The number of unbranched alkanes of at least 4 members (excludes halogenated alkanes) is 1. The number of guanidine groups is 1. The van der Waals surface area contributed by atoms with Gasteiger partial charge in [0.15, 0.2) is 5.96 Å². The first kappa shape index (κ1) is 26.1. The van der Waals surface area contributed by atoms with Gasteiger partial charge in [0, 0.05) is 33.4 Å². The van der Waals surface area contributed by atoms with Crippen molar-refractivity contribution >= 4 is 29.9 Å². The summed E-state index contributed by atoms with van der Waals surface area (Å²) in [7, 11) is 1.79. The quantitative estimate of drug-likeness (QED) is 0.180. The summed E-state index contributed by atoms with van der Waals surface area (Å²) in [5, 5.41) is 6.59. The maximum absolute atomic E-state index is 5.70. The van der Waals surface area contributed by atoms with Gasteiger partial charge in [0.2, 0.25) is 0 Å². The van der Waals surface area contributed by atoms with E-state index in [1.807, 2.05) is 6.07 Å². The standard InChI is InChI=1S/C21H37N3O2.HI/c1-19(2)11-16-26-18-14-24-21(22-3)23-13-7-8-15-25-17-12-20-9-5-4-6-10-20;/h4-6,9-10,19H,7-8,11-18H2,1-3H3,(H2,22,23,24);1H. The molecule has 0 atom stereocenters. The maximum Gasteiger partial charge on any atom is 0.191 e. The predicted molar refractivity (Wildman–Crippen MR) is 125 cm³/mol. The van der Waals surface area contributed by atoms with Crippen LogP contribution in [0.15, 0.2) is 35.3 Å². The summed E-state index contributed by atoms with van der Waals surface area (Å²) in [4.78, 5) is 4.22. The molecule has 0 saturated heterocycles. The number of aliphatic imine (C=N–C) groups is 1. The summed E-state index contributed by atoms with van der Waals surface area (Å²) in [6, 6.07) is 10.5. The third-order valence-corrected chi connectivity index (χ3v) is 3.99. The van der Waals surface area contributed by atoms with Gasteiger partial charge in [0.1, 0.15) is 0 Å². The fourth-order valence-electron chi connectivity index (χ4n) is 2.36. The van der Waals surface area contributed by atoms with Crippen molar-refractivity contribution in [3.05, 3.63) is 35.9 Å². The van der Waals surface area contributed by atoms with Crippen LogP contribution in [0.4, 0.5) is 0 Å². The van der Waals surface area contributed by atoms with Gasteiger partial charge in [0.25, 0.3) is 0 Å². The largest absolute Gasteiger partial charge is 0.381 e. The zero-order chi connectivity index (χ0) is 18.9.